The Morgan fingerprint density at radius 2 is 1.74 bits per heavy atom. The van der Waals surface area contributed by atoms with Crippen molar-refractivity contribution in [3.63, 3.8) is 0 Å². The summed E-state index contributed by atoms with van der Waals surface area (Å²) in [5.41, 5.74) is 8.78. The van der Waals surface area contributed by atoms with Crippen molar-refractivity contribution in [2.24, 2.45) is 7.05 Å². The molecule has 0 aliphatic carbocycles. The number of aryl methyl sites for hydroxylation is 1. The molecule has 35 heavy (non-hydrogen) atoms. The van der Waals surface area contributed by atoms with Gasteiger partial charge in [0.15, 0.2) is 0 Å². The highest BCUT2D eigenvalue weighted by molar-refractivity contribution is 6.02. The average Bonchev–Trinajstić information content (AvgIpc) is 3.30. The molecule has 0 radical (unpaired) electrons. The van der Waals surface area contributed by atoms with Gasteiger partial charge in [-0.05, 0) is 49.3 Å². The first-order valence-electron chi connectivity index (χ1n) is 12.4. The van der Waals surface area contributed by atoms with Crippen molar-refractivity contribution >= 4 is 34.3 Å². The number of nitrogens with zero attached hydrogens (tertiary/aromatic N) is 4. The molecule has 0 bridgehead atoms. The van der Waals surface area contributed by atoms with Crippen LogP contribution in [0.3, 0.4) is 0 Å². The molecule has 4 aromatic rings. The van der Waals surface area contributed by atoms with Crippen LogP contribution >= 0.6 is 0 Å². The van der Waals surface area contributed by atoms with Crippen molar-refractivity contribution < 1.29 is 13.5 Å². The second-order valence-electron chi connectivity index (χ2n) is 9.67. The monoisotopic (exact) mass is 466 g/mol. The van der Waals surface area contributed by atoms with Crippen molar-refractivity contribution in [1.29, 1.82) is 0 Å². The maximum Gasteiger partial charge on any atom is 0.370 e. The van der Waals surface area contributed by atoms with Crippen LogP contribution in [0.15, 0.2) is 77.4 Å². The first-order valence-corrected chi connectivity index (χ1v) is 12.4. The van der Waals surface area contributed by atoms with E-state index < -0.39 is 0 Å². The summed E-state index contributed by atoms with van der Waals surface area (Å²) in [5.74, 6) is 0.610. The fraction of sp³-hybridized carbons (Fsp3) is 0.267. The van der Waals surface area contributed by atoms with Crippen LogP contribution in [0.5, 0.6) is 0 Å². The number of benzene rings is 2. The number of hydrogen-bond acceptors (Lipinski definition) is 3. The Bertz CT molecular complexity index is 1420. The lowest BCUT2D eigenvalue weighted by molar-refractivity contribution is -0.919. The summed E-state index contributed by atoms with van der Waals surface area (Å²) < 4.78 is 9.09. The van der Waals surface area contributed by atoms with E-state index in [1.807, 2.05) is 36.0 Å². The largest absolute Gasteiger partial charge is 0.411 e. The molecule has 5 heteroatoms. The van der Waals surface area contributed by atoms with Crippen LogP contribution in [0.4, 0.5) is 5.69 Å². The maximum absolute atomic E-state index is 6.06. The fourth-order valence-corrected chi connectivity index (χ4v) is 4.75. The predicted octanol–water partition coefficient (Wildman–Crippen LogP) is 5.67. The Morgan fingerprint density at radius 3 is 2.46 bits per heavy atom. The van der Waals surface area contributed by atoms with E-state index in [1.165, 1.54) is 22.4 Å². The summed E-state index contributed by atoms with van der Waals surface area (Å²) in [6.07, 6.45) is 6.27. The number of quaternary nitrogens is 1. The third-order valence-electron chi connectivity index (χ3n) is 7.39. The van der Waals surface area contributed by atoms with Crippen molar-refractivity contribution in [3.8, 4) is 0 Å². The molecular formula is C30H34N4O+2. The van der Waals surface area contributed by atoms with Gasteiger partial charge in [0, 0.05) is 40.6 Å². The van der Waals surface area contributed by atoms with E-state index in [0.29, 0.717) is 5.89 Å². The maximum atomic E-state index is 6.06. The Hall–Kier alpha value is -3.70. The van der Waals surface area contributed by atoms with Gasteiger partial charge in [0.2, 0.25) is 5.58 Å². The van der Waals surface area contributed by atoms with Crippen LogP contribution in [0, 0.1) is 0 Å². The van der Waals surface area contributed by atoms with E-state index >= 15 is 0 Å². The van der Waals surface area contributed by atoms with Gasteiger partial charge in [-0.15, -0.1) is 0 Å². The summed E-state index contributed by atoms with van der Waals surface area (Å²) in [7, 11) is 6.44. The zero-order valence-electron chi connectivity index (χ0n) is 21.3. The molecule has 0 saturated carbocycles. The van der Waals surface area contributed by atoms with Gasteiger partial charge in [-0.25, -0.2) is 4.57 Å². The molecule has 0 unspecified atom stereocenters. The lowest BCUT2D eigenvalue weighted by Crippen LogP contribution is -2.42. The Labute approximate surface area is 207 Å². The van der Waals surface area contributed by atoms with Gasteiger partial charge in [0.1, 0.15) is 6.54 Å². The molecule has 5 rings (SSSR count). The number of hydrogen-bond donors (Lipinski definition) is 0. The standard InChI is InChI=1S/C30H34N4O/c1-6-34(5,7-2)21-22-14-16-23(17-15-22)27-19-24(25-11-8-9-12-26(25)33(27)4)20-29-31-30-28(35-29)13-10-18-32(30)3/h8-20H,6-7,21H2,1-5H3/q+2. The Balaban J connectivity index is 1.55. The zero-order valence-corrected chi connectivity index (χ0v) is 21.3. The highest BCUT2D eigenvalue weighted by Crippen LogP contribution is 2.39. The Morgan fingerprint density at radius 1 is 1.00 bits per heavy atom. The smallest absolute Gasteiger partial charge is 0.370 e. The fourth-order valence-electron chi connectivity index (χ4n) is 4.75. The number of para-hydroxylation sites is 1. The lowest BCUT2D eigenvalue weighted by Gasteiger charge is -2.32. The molecule has 1 aliphatic rings. The molecule has 178 valence electrons. The summed E-state index contributed by atoms with van der Waals surface area (Å²) in [6.45, 7) is 7.84. The van der Waals surface area contributed by atoms with Gasteiger partial charge < -0.3 is 13.8 Å². The molecular weight excluding hydrogens is 432 g/mol. The first kappa shape index (κ1) is 23.1. The molecule has 0 N–H and O–H groups in total. The molecule has 0 atom stereocenters. The third-order valence-corrected chi connectivity index (χ3v) is 7.39. The van der Waals surface area contributed by atoms with Crippen molar-refractivity contribution in [2.75, 3.05) is 32.1 Å². The van der Waals surface area contributed by atoms with Crippen molar-refractivity contribution in [1.82, 2.24) is 4.98 Å². The lowest BCUT2D eigenvalue weighted by atomic mass is 9.94. The number of aromatic nitrogens is 2. The van der Waals surface area contributed by atoms with E-state index in [1.54, 1.807) is 0 Å². The number of anilines is 1. The van der Waals surface area contributed by atoms with Crippen LogP contribution in [0.25, 0.3) is 28.6 Å². The number of fused-ring (bicyclic) bond motifs is 2. The van der Waals surface area contributed by atoms with E-state index in [-0.39, 0.29) is 0 Å². The van der Waals surface area contributed by atoms with E-state index in [2.05, 4.69) is 87.4 Å². The topological polar surface area (TPSA) is 33.1 Å². The SMILES string of the molecule is CC[N+](C)(CC)Cc1ccc(C2=CC(=Cc3nc4c(ccc[n+]4C)o3)c3ccccc3N2C)cc1. The van der Waals surface area contributed by atoms with Crippen LogP contribution in [-0.4, -0.2) is 36.7 Å². The minimum absolute atomic E-state index is 0.610. The molecule has 1 aliphatic heterocycles. The zero-order chi connectivity index (χ0) is 24.6. The second-order valence-corrected chi connectivity index (χ2v) is 9.67. The average molecular weight is 467 g/mol. The van der Waals surface area contributed by atoms with Gasteiger partial charge in [0.25, 0.3) is 0 Å². The van der Waals surface area contributed by atoms with Gasteiger partial charge in [-0.2, -0.15) is 0 Å². The quantitative estimate of drug-likeness (QED) is 0.271. The van der Waals surface area contributed by atoms with E-state index in [4.69, 9.17) is 9.40 Å². The molecule has 3 heterocycles. The van der Waals surface area contributed by atoms with Crippen LogP contribution < -0.4 is 9.47 Å². The molecule has 0 fully saturated rings. The van der Waals surface area contributed by atoms with Crippen molar-refractivity contribution in [3.05, 3.63) is 95.5 Å². The predicted molar refractivity (Wildman–Crippen MR) is 143 cm³/mol. The van der Waals surface area contributed by atoms with Crippen molar-refractivity contribution in [2.45, 2.75) is 20.4 Å². The number of oxazole rings is 1. The van der Waals surface area contributed by atoms with Crippen LogP contribution in [0.1, 0.15) is 36.4 Å². The molecule has 5 nitrogen and oxygen atoms in total. The summed E-state index contributed by atoms with van der Waals surface area (Å²) >= 11 is 0. The second kappa shape index (κ2) is 9.16. The van der Waals surface area contributed by atoms with Crippen LogP contribution in [-0.2, 0) is 13.6 Å². The van der Waals surface area contributed by atoms with Crippen LogP contribution in [0.2, 0.25) is 0 Å². The molecule has 0 spiro atoms. The van der Waals surface area contributed by atoms with Gasteiger partial charge in [-0.1, -0.05) is 42.5 Å². The molecule has 2 aromatic heterocycles. The minimum atomic E-state index is 0.610. The van der Waals surface area contributed by atoms with Gasteiger partial charge in [0.05, 0.1) is 33.4 Å². The van der Waals surface area contributed by atoms with Gasteiger partial charge >= 0.3 is 11.5 Å². The highest BCUT2D eigenvalue weighted by atomic mass is 16.3. The number of allylic oxidation sites excluding steroid dienone is 2. The normalized spacial score (nSPS) is 14.9. The number of rotatable bonds is 6. The Kier molecular flexibility index (Phi) is 6.03. The molecule has 2 aromatic carbocycles. The molecule has 0 amide bonds. The third kappa shape index (κ3) is 4.40. The summed E-state index contributed by atoms with van der Waals surface area (Å²) in [5, 5.41) is 0. The van der Waals surface area contributed by atoms with E-state index in [0.717, 1.165) is 46.6 Å². The van der Waals surface area contributed by atoms with Gasteiger partial charge in [-0.3, -0.25) is 0 Å². The van der Waals surface area contributed by atoms with E-state index in [9.17, 15) is 0 Å². The summed E-state index contributed by atoms with van der Waals surface area (Å²) in [4.78, 5) is 7.00. The molecule has 0 saturated heterocycles. The highest BCUT2D eigenvalue weighted by Gasteiger charge is 2.23. The summed E-state index contributed by atoms with van der Waals surface area (Å²) in [6, 6.07) is 21.5. The minimum Gasteiger partial charge on any atom is -0.411 e. The first-order chi connectivity index (χ1) is 16.9. The number of pyridine rings is 1.